The highest BCUT2D eigenvalue weighted by molar-refractivity contribution is 6.32. The van der Waals surface area contributed by atoms with E-state index in [1.807, 2.05) is 0 Å². The summed E-state index contributed by atoms with van der Waals surface area (Å²) in [4.78, 5) is 36.8. The van der Waals surface area contributed by atoms with Gasteiger partial charge in [0.15, 0.2) is 12.4 Å². The Bertz CT molecular complexity index is 897. The van der Waals surface area contributed by atoms with Crippen LogP contribution in [-0.4, -0.2) is 44.7 Å². The number of nitrogens with one attached hydrogen (secondary N) is 2. The fourth-order valence-corrected chi connectivity index (χ4v) is 2.73. The summed E-state index contributed by atoms with van der Waals surface area (Å²) < 4.78 is 20.4. The van der Waals surface area contributed by atoms with Crippen molar-refractivity contribution in [3.63, 3.8) is 0 Å². The van der Waals surface area contributed by atoms with Gasteiger partial charge in [-0.15, -0.1) is 0 Å². The molecule has 9 nitrogen and oxygen atoms in total. The van der Waals surface area contributed by atoms with Crippen LogP contribution in [0.5, 0.6) is 11.5 Å². The molecule has 0 bridgehead atoms. The van der Waals surface area contributed by atoms with Gasteiger partial charge in [0.05, 0.1) is 31.2 Å². The zero-order valence-corrected chi connectivity index (χ0v) is 17.7. The molecule has 162 valence electrons. The molecule has 0 aliphatic carbocycles. The number of amides is 2. The van der Waals surface area contributed by atoms with Crippen molar-refractivity contribution in [2.24, 2.45) is 5.92 Å². The number of hydrogen-bond acceptors (Lipinski definition) is 7. The number of esters is 1. The molecule has 0 saturated carbocycles. The van der Waals surface area contributed by atoms with Crippen LogP contribution in [-0.2, 0) is 14.3 Å². The number of ether oxygens (including phenoxy) is 3. The normalized spacial score (nSPS) is 11.5. The maximum atomic E-state index is 12.4. The number of rotatable bonds is 9. The second-order valence-corrected chi connectivity index (χ2v) is 6.92. The third-order valence-corrected chi connectivity index (χ3v) is 4.34. The van der Waals surface area contributed by atoms with E-state index in [9.17, 15) is 14.4 Å². The molecule has 1 heterocycles. The number of furan rings is 1. The Balaban J connectivity index is 1.98. The molecule has 0 saturated heterocycles. The van der Waals surface area contributed by atoms with Gasteiger partial charge in [-0.05, 0) is 24.1 Å². The summed E-state index contributed by atoms with van der Waals surface area (Å²) in [6.45, 7) is 2.91. The number of carbonyl (C=O) groups is 3. The standard InChI is InChI=1S/C20H23ClN2O7/c1-11(2)18(23-19(25)14-6-5-7-29-14)20(26)30-10-17(24)22-13-8-12(21)15(27-3)9-16(13)28-4/h5-9,11,18H,10H2,1-4H3,(H,22,24)(H,23,25)/t18-/m0/s1. The van der Waals surface area contributed by atoms with Gasteiger partial charge in [0.25, 0.3) is 11.8 Å². The lowest BCUT2D eigenvalue weighted by Gasteiger charge is -2.20. The molecule has 2 rings (SSSR count). The van der Waals surface area contributed by atoms with Gasteiger partial charge >= 0.3 is 5.97 Å². The van der Waals surface area contributed by atoms with Crippen molar-refractivity contribution in [1.29, 1.82) is 0 Å². The van der Waals surface area contributed by atoms with Crippen LogP contribution in [0.2, 0.25) is 5.02 Å². The Hall–Kier alpha value is -3.20. The molecule has 0 unspecified atom stereocenters. The highest BCUT2D eigenvalue weighted by Gasteiger charge is 2.27. The highest BCUT2D eigenvalue weighted by Crippen LogP contribution is 2.35. The first kappa shape index (κ1) is 23.1. The van der Waals surface area contributed by atoms with Crippen LogP contribution < -0.4 is 20.1 Å². The summed E-state index contributed by atoms with van der Waals surface area (Å²) in [6, 6.07) is 5.04. The molecule has 0 aliphatic heterocycles. The van der Waals surface area contributed by atoms with E-state index in [1.54, 1.807) is 19.9 Å². The molecule has 10 heteroatoms. The first-order valence-electron chi connectivity index (χ1n) is 8.99. The minimum Gasteiger partial charge on any atom is -0.495 e. The van der Waals surface area contributed by atoms with Crippen molar-refractivity contribution >= 4 is 35.1 Å². The molecule has 1 aromatic heterocycles. The number of carbonyl (C=O) groups excluding carboxylic acids is 3. The van der Waals surface area contributed by atoms with E-state index >= 15 is 0 Å². The van der Waals surface area contributed by atoms with Crippen molar-refractivity contribution in [2.45, 2.75) is 19.9 Å². The van der Waals surface area contributed by atoms with Crippen LogP contribution in [0.4, 0.5) is 5.69 Å². The Kier molecular flexibility index (Phi) is 8.11. The van der Waals surface area contributed by atoms with E-state index in [-0.39, 0.29) is 22.4 Å². The molecular formula is C20H23ClN2O7. The second-order valence-electron chi connectivity index (χ2n) is 6.52. The van der Waals surface area contributed by atoms with Gasteiger partial charge in [-0.25, -0.2) is 4.79 Å². The van der Waals surface area contributed by atoms with E-state index < -0.39 is 30.4 Å². The predicted octanol–water partition coefficient (Wildman–Crippen LogP) is 2.89. The zero-order valence-electron chi connectivity index (χ0n) is 17.0. The zero-order chi connectivity index (χ0) is 22.3. The van der Waals surface area contributed by atoms with Crippen molar-refractivity contribution in [1.82, 2.24) is 5.32 Å². The third-order valence-electron chi connectivity index (χ3n) is 4.05. The summed E-state index contributed by atoms with van der Waals surface area (Å²) in [6.07, 6.45) is 1.35. The number of halogens is 1. The quantitative estimate of drug-likeness (QED) is 0.578. The fourth-order valence-electron chi connectivity index (χ4n) is 2.49. The number of methoxy groups -OCH3 is 2. The van der Waals surface area contributed by atoms with Crippen molar-refractivity contribution < 1.29 is 33.0 Å². The van der Waals surface area contributed by atoms with Crippen LogP contribution in [0.3, 0.4) is 0 Å². The Morgan fingerprint density at radius 2 is 1.83 bits per heavy atom. The summed E-state index contributed by atoms with van der Waals surface area (Å²) in [5.74, 6) is -1.43. The van der Waals surface area contributed by atoms with Gasteiger partial charge < -0.3 is 29.3 Å². The number of anilines is 1. The van der Waals surface area contributed by atoms with E-state index in [0.29, 0.717) is 11.5 Å². The maximum absolute atomic E-state index is 12.4. The van der Waals surface area contributed by atoms with Crippen molar-refractivity contribution in [2.75, 3.05) is 26.1 Å². The second kappa shape index (κ2) is 10.5. The van der Waals surface area contributed by atoms with Crippen LogP contribution in [0.25, 0.3) is 0 Å². The Labute approximate surface area is 178 Å². The topological polar surface area (TPSA) is 116 Å². The van der Waals surface area contributed by atoms with E-state index in [1.165, 1.54) is 38.7 Å². The minimum absolute atomic E-state index is 0.0645. The van der Waals surface area contributed by atoms with Gasteiger partial charge in [0, 0.05) is 6.07 Å². The molecule has 2 N–H and O–H groups in total. The number of benzene rings is 1. The molecular weight excluding hydrogens is 416 g/mol. The van der Waals surface area contributed by atoms with Crippen molar-refractivity contribution in [3.05, 3.63) is 41.3 Å². The molecule has 0 fully saturated rings. The van der Waals surface area contributed by atoms with E-state index in [0.717, 1.165) is 0 Å². The first-order valence-corrected chi connectivity index (χ1v) is 9.37. The molecule has 0 radical (unpaired) electrons. The van der Waals surface area contributed by atoms with Crippen molar-refractivity contribution in [3.8, 4) is 11.5 Å². The lowest BCUT2D eigenvalue weighted by atomic mass is 10.0. The number of hydrogen-bond donors (Lipinski definition) is 2. The monoisotopic (exact) mass is 438 g/mol. The summed E-state index contributed by atoms with van der Waals surface area (Å²) in [7, 11) is 2.88. The smallest absolute Gasteiger partial charge is 0.329 e. The molecule has 2 amide bonds. The van der Waals surface area contributed by atoms with Gasteiger partial charge in [-0.3, -0.25) is 9.59 Å². The largest absolute Gasteiger partial charge is 0.495 e. The first-order chi connectivity index (χ1) is 14.3. The Morgan fingerprint density at radius 3 is 2.40 bits per heavy atom. The molecule has 0 aliphatic rings. The lowest BCUT2D eigenvalue weighted by molar-refractivity contribution is -0.150. The minimum atomic E-state index is -0.958. The highest BCUT2D eigenvalue weighted by atomic mass is 35.5. The Morgan fingerprint density at radius 1 is 1.13 bits per heavy atom. The fraction of sp³-hybridized carbons (Fsp3) is 0.350. The van der Waals surface area contributed by atoms with Crippen LogP contribution in [0.1, 0.15) is 24.4 Å². The summed E-state index contributed by atoms with van der Waals surface area (Å²) >= 11 is 6.07. The van der Waals surface area contributed by atoms with Gasteiger partial charge in [-0.1, -0.05) is 25.4 Å². The average molecular weight is 439 g/mol. The molecule has 0 spiro atoms. The SMILES string of the molecule is COc1cc(OC)c(NC(=O)COC(=O)[C@@H](NC(=O)c2ccco2)C(C)C)cc1Cl. The van der Waals surface area contributed by atoms with E-state index in [2.05, 4.69) is 10.6 Å². The average Bonchev–Trinajstić information content (AvgIpc) is 3.25. The maximum Gasteiger partial charge on any atom is 0.329 e. The van der Waals surface area contributed by atoms with Gasteiger partial charge in [0.2, 0.25) is 0 Å². The van der Waals surface area contributed by atoms with E-state index in [4.69, 9.17) is 30.2 Å². The summed E-state index contributed by atoms with van der Waals surface area (Å²) in [5, 5.41) is 5.37. The molecule has 1 atom stereocenters. The molecule has 1 aromatic carbocycles. The predicted molar refractivity (Wildman–Crippen MR) is 109 cm³/mol. The van der Waals surface area contributed by atoms with Crippen LogP contribution >= 0.6 is 11.6 Å². The van der Waals surface area contributed by atoms with Gasteiger partial charge in [0.1, 0.15) is 17.5 Å². The van der Waals surface area contributed by atoms with Gasteiger partial charge in [-0.2, -0.15) is 0 Å². The van der Waals surface area contributed by atoms with Crippen LogP contribution in [0.15, 0.2) is 34.9 Å². The molecule has 30 heavy (non-hydrogen) atoms. The van der Waals surface area contributed by atoms with Crippen LogP contribution in [0, 0.1) is 5.92 Å². The molecule has 2 aromatic rings. The summed E-state index contributed by atoms with van der Waals surface area (Å²) in [5.41, 5.74) is 0.288. The third kappa shape index (κ3) is 5.90. The lowest BCUT2D eigenvalue weighted by Crippen LogP contribution is -2.45.